The van der Waals surface area contributed by atoms with Crippen LogP contribution in [0.2, 0.25) is 0 Å². The second-order valence-corrected chi connectivity index (χ2v) is 6.74. The van der Waals surface area contributed by atoms with Gasteiger partial charge in [0.05, 0.1) is 0 Å². The lowest BCUT2D eigenvalue weighted by atomic mass is 10.0. The molecule has 120 valence electrons. The third-order valence-electron chi connectivity index (χ3n) is 5.20. The fraction of sp³-hybridized carbons (Fsp3) is 0.611. The Morgan fingerprint density at radius 3 is 2.41 bits per heavy atom. The van der Waals surface area contributed by atoms with E-state index < -0.39 is 0 Å². The lowest BCUT2D eigenvalue weighted by Gasteiger charge is -2.22. The minimum absolute atomic E-state index is 0.125. The molecule has 2 saturated heterocycles. The van der Waals surface area contributed by atoms with Crippen molar-refractivity contribution in [3.05, 3.63) is 35.9 Å². The molecule has 1 aromatic rings. The number of nitrogens with two attached hydrogens (primary N) is 1. The molecule has 4 nitrogen and oxygen atoms in total. The van der Waals surface area contributed by atoms with Gasteiger partial charge in [0.25, 0.3) is 0 Å². The van der Waals surface area contributed by atoms with Crippen molar-refractivity contribution in [2.24, 2.45) is 17.6 Å². The van der Waals surface area contributed by atoms with Gasteiger partial charge in [-0.05, 0) is 30.4 Å². The van der Waals surface area contributed by atoms with E-state index in [-0.39, 0.29) is 6.04 Å². The standard InChI is InChI=1S/C18H27N3O/c1-2-18(22)21-12-15-10-20(11-16(15)13-21)9-8-17(19)14-6-4-3-5-7-14/h3-7,15-17H,2,8-13,19H2,1H3/t15?,16?,17-/m0/s1. The van der Waals surface area contributed by atoms with Crippen molar-refractivity contribution < 1.29 is 4.79 Å². The first-order valence-electron chi connectivity index (χ1n) is 8.48. The van der Waals surface area contributed by atoms with Crippen LogP contribution in [-0.2, 0) is 4.79 Å². The van der Waals surface area contributed by atoms with E-state index in [9.17, 15) is 4.79 Å². The van der Waals surface area contributed by atoms with E-state index in [0.29, 0.717) is 24.2 Å². The molecule has 1 amide bonds. The quantitative estimate of drug-likeness (QED) is 0.903. The molecule has 3 rings (SSSR count). The Morgan fingerprint density at radius 1 is 1.18 bits per heavy atom. The van der Waals surface area contributed by atoms with Crippen LogP contribution in [0.1, 0.15) is 31.4 Å². The highest BCUT2D eigenvalue weighted by Gasteiger charge is 2.40. The summed E-state index contributed by atoms with van der Waals surface area (Å²) in [5, 5.41) is 0. The third-order valence-corrected chi connectivity index (χ3v) is 5.20. The third kappa shape index (κ3) is 3.33. The Labute approximate surface area is 133 Å². The fourth-order valence-electron chi connectivity index (χ4n) is 3.89. The number of benzene rings is 1. The van der Waals surface area contributed by atoms with E-state index in [4.69, 9.17) is 5.73 Å². The Hall–Kier alpha value is -1.39. The summed E-state index contributed by atoms with van der Waals surface area (Å²) in [5.41, 5.74) is 7.51. The van der Waals surface area contributed by atoms with E-state index in [0.717, 1.165) is 39.1 Å². The van der Waals surface area contributed by atoms with Crippen LogP contribution in [0.3, 0.4) is 0 Å². The molecule has 2 N–H and O–H groups in total. The zero-order chi connectivity index (χ0) is 15.5. The summed E-state index contributed by atoms with van der Waals surface area (Å²) in [6.45, 7) is 7.18. The molecule has 1 aromatic carbocycles. The molecule has 22 heavy (non-hydrogen) atoms. The minimum atomic E-state index is 0.125. The normalized spacial score (nSPS) is 26.2. The zero-order valence-corrected chi connectivity index (χ0v) is 13.4. The van der Waals surface area contributed by atoms with Gasteiger partial charge in [-0.25, -0.2) is 0 Å². The molecular formula is C18H27N3O. The van der Waals surface area contributed by atoms with E-state index in [1.807, 2.05) is 13.0 Å². The Kier molecular flexibility index (Phi) is 4.79. The Balaban J connectivity index is 1.45. The smallest absolute Gasteiger partial charge is 0.222 e. The molecule has 2 heterocycles. The van der Waals surface area contributed by atoms with Crippen LogP contribution in [0.25, 0.3) is 0 Å². The van der Waals surface area contributed by atoms with Crippen molar-refractivity contribution in [2.45, 2.75) is 25.8 Å². The number of hydrogen-bond donors (Lipinski definition) is 1. The van der Waals surface area contributed by atoms with Gasteiger partial charge >= 0.3 is 0 Å². The second-order valence-electron chi connectivity index (χ2n) is 6.74. The highest BCUT2D eigenvalue weighted by molar-refractivity contribution is 5.76. The van der Waals surface area contributed by atoms with Gasteiger partial charge in [0, 0.05) is 38.6 Å². The second kappa shape index (κ2) is 6.80. The molecule has 2 aliphatic heterocycles. The van der Waals surface area contributed by atoms with E-state index in [2.05, 4.69) is 34.1 Å². The fourth-order valence-corrected chi connectivity index (χ4v) is 3.89. The highest BCUT2D eigenvalue weighted by Crippen LogP contribution is 2.31. The average Bonchev–Trinajstić information content (AvgIpc) is 3.11. The van der Waals surface area contributed by atoms with Crippen LogP contribution in [0.15, 0.2) is 30.3 Å². The van der Waals surface area contributed by atoms with Gasteiger partial charge in [-0.3, -0.25) is 4.79 Å². The first-order valence-corrected chi connectivity index (χ1v) is 8.48. The molecule has 0 aliphatic carbocycles. The Bertz CT molecular complexity index is 490. The number of hydrogen-bond acceptors (Lipinski definition) is 3. The molecule has 0 radical (unpaired) electrons. The summed E-state index contributed by atoms with van der Waals surface area (Å²) in [7, 11) is 0. The number of carbonyl (C=O) groups excluding carboxylic acids is 1. The SMILES string of the molecule is CCC(=O)N1CC2CN(CC[C@H](N)c3ccccc3)CC2C1. The number of nitrogens with zero attached hydrogens (tertiary/aromatic N) is 2. The van der Waals surface area contributed by atoms with Gasteiger partial charge in [0.2, 0.25) is 5.91 Å². The first kappa shape index (κ1) is 15.5. The van der Waals surface area contributed by atoms with Gasteiger partial charge in [-0.1, -0.05) is 37.3 Å². The Morgan fingerprint density at radius 2 is 1.82 bits per heavy atom. The maximum absolute atomic E-state index is 11.8. The maximum atomic E-state index is 11.8. The zero-order valence-electron chi connectivity index (χ0n) is 13.4. The highest BCUT2D eigenvalue weighted by atomic mass is 16.2. The van der Waals surface area contributed by atoms with E-state index in [1.54, 1.807) is 0 Å². The van der Waals surface area contributed by atoms with E-state index >= 15 is 0 Å². The summed E-state index contributed by atoms with van der Waals surface area (Å²) >= 11 is 0. The van der Waals surface area contributed by atoms with Crippen molar-refractivity contribution in [2.75, 3.05) is 32.7 Å². The van der Waals surface area contributed by atoms with Gasteiger partial charge in [-0.15, -0.1) is 0 Å². The molecule has 4 heteroatoms. The summed E-state index contributed by atoms with van der Waals surface area (Å²) in [4.78, 5) is 16.4. The predicted octanol–water partition coefficient (Wildman–Crippen LogP) is 1.88. The van der Waals surface area contributed by atoms with Crippen LogP contribution in [0.5, 0.6) is 0 Å². The van der Waals surface area contributed by atoms with Gasteiger partial charge < -0.3 is 15.5 Å². The van der Waals surface area contributed by atoms with Crippen LogP contribution in [0.4, 0.5) is 0 Å². The number of rotatable bonds is 5. The largest absolute Gasteiger partial charge is 0.342 e. The average molecular weight is 301 g/mol. The summed E-state index contributed by atoms with van der Waals surface area (Å²) in [5.74, 6) is 1.65. The number of amides is 1. The number of carbonyl (C=O) groups is 1. The first-order chi connectivity index (χ1) is 10.7. The van der Waals surface area contributed by atoms with Gasteiger partial charge in [-0.2, -0.15) is 0 Å². The summed E-state index contributed by atoms with van der Waals surface area (Å²) < 4.78 is 0. The lowest BCUT2D eigenvalue weighted by Crippen LogP contribution is -2.33. The summed E-state index contributed by atoms with van der Waals surface area (Å²) in [6, 6.07) is 10.5. The molecule has 2 fully saturated rings. The molecular weight excluding hydrogens is 274 g/mol. The molecule has 2 unspecified atom stereocenters. The van der Waals surface area contributed by atoms with Crippen molar-refractivity contribution in [3.63, 3.8) is 0 Å². The molecule has 0 bridgehead atoms. The lowest BCUT2D eigenvalue weighted by molar-refractivity contribution is -0.130. The summed E-state index contributed by atoms with van der Waals surface area (Å²) in [6.07, 6.45) is 1.64. The monoisotopic (exact) mass is 301 g/mol. The van der Waals surface area contributed by atoms with Crippen molar-refractivity contribution in [1.82, 2.24) is 9.80 Å². The topological polar surface area (TPSA) is 49.6 Å². The molecule has 0 spiro atoms. The van der Waals surface area contributed by atoms with Crippen LogP contribution in [-0.4, -0.2) is 48.4 Å². The minimum Gasteiger partial charge on any atom is -0.342 e. The maximum Gasteiger partial charge on any atom is 0.222 e. The van der Waals surface area contributed by atoms with Crippen molar-refractivity contribution in [3.8, 4) is 0 Å². The predicted molar refractivity (Wildman–Crippen MR) is 88.3 cm³/mol. The van der Waals surface area contributed by atoms with Crippen LogP contribution < -0.4 is 5.73 Å². The molecule has 3 atom stereocenters. The van der Waals surface area contributed by atoms with Crippen LogP contribution in [0, 0.1) is 11.8 Å². The molecule has 0 saturated carbocycles. The van der Waals surface area contributed by atoms with Crippen LogP contribution >= 0.6 is 0 Å². The van der Waals surface area contributed by atoms with Gasteiger partial charge in [0.15, 0.2) is 0 Å². The van der Waals surface area contributed by atoms with Crippen molar-refractivity contribution in [1.29, 1.82) is 0 Å². The molecule has 2 aliphatic rings. The van der Waals surface area contributed by atoms with E-state index in [1.165, 1.54) is 5.56 Å². The number of likely N-dealkylation sites (tertiary alicyclic amines) is 2. The van der Waals surface area contributed by atoms with Gasteiger partial charge in [0.1, 0.15) is 0 Å². The molecule has 0 aromatic heterocycles. The van der Waals surface area contributed by atoms with Crippen molar-refractivity contribution >= 4 is 5.91 Å². The number of fused-ring (bicyclic) bond motifs is 1.